The first-order valence-electron chi connectivity index (χ1n) is 12.2. The first-order valence-corrected chi connectivity index (χ1v) is 14.5. The molecular formula is C29H22F3N3O6S2. The summed E-state index contributed by atoms with van der Waals surface area (Å²) in [5, 5.41) is 10.1. The molecule has 1 unspecified atom stereocenters. The van der Waals surface area contributed by atoms with Crippen LogP contribution in [-0.4, -0.2) is 40.1 Å². The van der Waals surface area contributed by atoms with Gasteiger partial charge in [-0.25, -0.2) is 18.0 Å². The minimum Gasteiger partial charge on any atom is -0.466 e. The molecule has 0 fully saturated rings. The highest BCUT2D eigenvalue weighted by Gasteiger charge is 2.43. The molecule has 14 heteroatoms. The van der Waals surface area contributed by atoms with E-state index >= 15 is 0 Å². The van der Waals surface area contributed by atoms with E-state index in [9.17, 15) is 36.4 Å². The number of allylic oxidation sites excluding steroid dienone is 1. The maximum absolute atomic E-state index is 13.2. The average molecular weight is 630 g/mol. The molecule has 1 aliphatic rings. The summed E-state index contributed by atoms with van der Waals surface area (Å²) in [6, 6.07) is 19.6. The van der Waals surface area contributed by atoms with E-state index < -0.39 is 33.2 Å². The number of thioether (sulfide) groups is 1. The van der Waals surface area contributed by atoms with Gasteiger partial charge in [0, 0.05) is 10.6 Å². The topological polar surface area (TPSA) is 140 Å². The minimum absolute atomic E-state index is 0.0761. The fourth-order valence-electron chi connectivity index (χ4n) is 4.51. The van der Waals surface area contributed by atoms with Crippen molar-refractivity contribution in [1.82, 2.24) is 0 Å². The number of nitrogens with two attached hydrogens (primary N) is 1. The van der Waals surface area contributed by atoms with Crippen LogP contribution in [0.4, 0.5) is 18.9 Å². The molecule has 4 rings (SSSR count). The lowest BCUT2D eigenvalue weighted by Crippen LogP contribution is -2.40. The molecule has 0 spiro atoms. The zero-order valence-corrected chi connectivity index (χ0v) is 24.1. The predicted molar refractivity (Wildman–Crippen MR) is 150 cm³/mol. The number of alkyl halides is 3. The van der Waals surface area contributed by atoms with Crippen molar-refractivity contribution in [3.8, 4) is 6.07 Å². The molecule has 43 heavy (non-hydrogen) atoms. The van der Waals surface area contributed by atoms with Gasteiger partial charge in [0.2, 0.25) is 9.84 Å². The number of esters is 2. The number of hydrogen-bond donors (Lipinski definition) is 1. The third-order valence-corrected chi connectivity index (χ3v) is 8.91. The Hall–Kier alpha value is -4.74. The van der Waals surface area contributed by atoms with Crippen LogP contribution in [0.1, 0.15) is 11.5 Å². The Labute approximate surface area is 248 Å². The normalized spacial score (nSPS) is 15.6. The molecule has 0 radical (unpaired) electrons. The average Bonchev–Trinajstić information content (AvgIpc) is 2.99. The van der Waals surface area contributed by atoms with Gasteiger partial charge in [-0.05, 0) is 65.9 Å². The maximum atomic E-state index is 13.2. The van der Waals surface area contributed by atoms with Gasteiger partial charge in [0.25, 0.3) is 0 Å². The molecule has 9 nitrogen and oxygen atoms in total. The highest BCUT2D eigenvalue weighted by molar-refractivity contribution is 8.00. The third-order valence-electron chi connectivity index (χ3n) is 6.38. The molecule has 1 aliphatic heterocycles. The molecule has 0 aromatic heterocycles. The highest BCUT2D eigenvalue weighted by Crippen LogP contribution is 2.43. The van der Waals surface area contributed by atoms with Crippen LogP contribution in [0, 0.1) is 11.3 Å². The number of carbonyl (C=O) groups is 2. The summed E-state index contributed by atoms with van der Waals surface area (Å²) in [5.74, 6) is -3.19. The quantitative estimate of drug-likeness (QED) is 0.280. The number of anilines is 1. The molecule has 0 amide bonds. The number of hydrogen-bond acceptors (Lipinski definition) is 10. The van der Waals surface area contributed by atoms with E-state index in [4.69, 9.17) is 15.2 Å². The Morgan fingerprint density at radius 3 is 1.93 bits per heavy atom. The number of rotatable bonds is 7. The molecule has 3 aromatic carbocycles. The van der Waals surface area contributed by atoms with Crippen molar-refractivity contribution in [2.75, 3.05) is 19.1 Å². The second kappa shape index (κ2) is 12.2. The van der Waals surface area contributed by atoms with Gasteiger partial charge in [0.05, 0.1) is 47.1 Å². The zero-order chi connectivity index (χ0) is 31.5. The van der Waals surface area contributed by atoms with E-state index in [0.717, 1.165) is 43.4 Å². The monoisotopic (exact) mass is 629 g/mol. The maximum Gasteiger partial charge on any atom is 0.446 e. The van der Waals surface area contributed by atoms with E-state index in [1.807, 2.05) is 6.07 Å². The molecule has 3 aromatic rings. The summed E-state index contributed by atoms with van der Waals surface area (Å²) >= 11 is -0.372. The Morgan fingerprint density at radius 1 is 0.907 bits per heavy atom. The lowest BCUT2D eigenvalue weighted by molar-refractivity contribution is -0.139. The zero-order valence-electron chi connectivity index (χ0n) is 22.5. The molecule has 0 saturated heterocycles. The number of nitriles is 1. The van der Waals surface area contributed by atoms with E-state index in [1.165, 1.54) is 24.3 Å². The number of nitrogens with zero attached hydrogens (tertiary/aromatic N) is 2. The van der Waals surface area contributed by atoms with E-state index in [0.29, 0.717) is 5.56 Å². The lowest BCUT2D eigenvalue weighted by Gasteiger charge is -2.35. The standard InChI is InChI=1S/C29H22F3N3O6S2/c1-40-27(36)24-23(17-6-4-3-5-7-17)22(16-33)26(34)35(25(24)28(37)41-2)18-8-12-20(13-9-18)43(38,39)21-14-10-19(11-15-21)42-29(30,31)32/h3-15,23H,34H2,1-2H3. The molecule has 222 valence electrons. The van der Waals surface area contributed by atoms with E-state index in [-0.39, 0.29) is 54.8 Å². The molecule has 0 bridgehead atoms. The fraction of sp³-hybridized carbons (Fsp3) is 0.138. The van der Waals surface area contributed by atoms with Gasteiger partial charge < -0.3 is 15.2 Å². The van der Waals surface area contributed by atoms with Gasteiger partial charge in [-0.1, -0.05) is 30.3 Å². The van der Waals surface area contributed by atoms with Crippen molar-refractivity contribution in [2.24, 2.45) is 5.73 Å². The van der Waals surface area contributed by atoms with Gasteiger partial charge in [-0.2, -0.15) is 18.4 Å². The molecule has 1 atom stereocenters. The summed E-state index contributed by atoms with van der Waals surface area (Å²) in [4.78, 5) is 26.8. The molecule has 0 saturated carbocycles. The van der Waals surface area contributed by atoms with Crippen LogP contribution in [0.3, 0.4) is 0 Å². The molecule has 0 aliphatic carbocycles. The smallest absolute Gasteiger partial charge is 0.446 e. The van der Waals surface area contributed by atoms with Crippen molar-refractivity contribution < 1.29 is 40.7 Å². The third kappa shape index (κ3) is 6.23. The first-order chi connectivity index (χ1) is 20.3. The van der Waals surface area contributed by atoms with Crippen molar-refractivity contribution >= 4 is 39.2 Å². The van der Waals surface area contributed by atoms with E-state index in [2.05, 4.69) is 0 Å². The van der Waals surface area contributed by atoms with Gasteiger partial charge in [-0.15, -0.1) is 0 Å². The SMILES string of the molecule is COC(=O)C1=C(C(=O)OC)N(c2ccc(S(=O)(=O)c3ccc(SC(F)(F)F)cc3)cc2)C(N)=C(C#N)C1c1ccccc1. The molecule has 1 heterocycles. The van der Waals surface area contributed by atoms with Crippen molar-refractivity contribution in [1.29, 1.82) is 5.26 Å². The minimum atomic E-state index is -4.53. The largest absolute Gasteiger partial charge is 0.466 e. The Kier molecular flexibility index (Phi) is 8.88. The highest BCUT2D eigenvalue weighted by atomic mass is 32.2. The van der Waals surface area contributed by atoms with Crippen LogP contribution in [0.15, 0.2) is 116 Å². The summed E-state index contributed by atoms with van der Waals surface area (Å²) in [6.45, 7) is 0. The number of halogens is 3. The Balaban J connectivity index is 1.83. The predicted octanol–water partition coefficient (Wildman–Crippen LogP) is 5.03. The number of methoxy groups -OCH3 is 2. The second-order valence-electron chi connectivity index (χ2n) is 8.85. The van der Waals surface area contributed by atoms with Crippen LogP contribution in [-0.2, 0) is 28.9 Å². The second-order valence-corrected chi connectivity index (χ2v) is 11.9. The van der Waals surface area contributed by atoms with Crippen molar-refractivity contribution in [2.45, 2.75) is 26.1 Å². The lowest BCUT2D eigenvalue weighted by atomic mass is 9.81. The first kappa shape index (κ1) is 31.2. The van der Waals surface area contributed by atoms with Crippen LogP contribution in [0.5, 0.6) is 0 Å². The number of ether oxygens (including phenoxy) is 2. The van der Waals surface area contributed by atoms with Crippen LogP contribution >= 0.6 is 11.8 Å². The van der Waals surface area contributed by atoms with Gasteiger partial charge >= 0.3 is 17.4 Å². The summed E-state index contributed by atoms with van der Waals surface area (Å²) in [5.41, 5.74) is 1.86. The Bertz CT molecular complexity index is 1770. The number of benzene rings is 3. The van der Waals surface area contributed by atoms with Gasteiger partial charge in [0.15, 0.2) is 0 Å². The molecular weight excluding hydrogens is 607 g/mol. The summed E-state index contributed by atoms with van der Waals surface area (Å²) < 4.78 is 74.3. The van der Waals surface area contributed by atoms with Crippen molar-refractivity contribution in [3.63, 3.8) is 0 Å². The van der Waals surface area contributed by atoms with Gasteiger partial charge in [-0.3, -0.25) is 4.90 Å². The summed E-state index contributed by atoms with van der Waals surface area (Å²) in [7, 11) is -1.97. The van der Waals surface area contributed by atoms with Crippen LogP contribution in [0.2, 0.25) is 0 Å². The number of sulfone groups is 1. The molecule has 2 N–H and O–H groups in total. The van der Waals surface area contributed by atoms with Crippen LogP contribution in [0.25, 0.3) is 0 Å². The summed E-state index contributed by atoms with van der Waals surface area (Å²) in [6.07, 6.45) is 0. The van der Waals surface area contributed by atoms with Gasteiger partial charge in [0.1, 0.15) is 11.5 Å². The Morgan fingerprint density at radius 2 is 1.44 bits per heavy atom. The fourth-order valence-corrected chi connectivity index (χ4v) is 6.31. The van der Waals surface area contributed by atoms with Crippen LogP contribution < -0.4 is 10.6 Å². The van der Waals surface area contributed by atoms with E-state index in [1.54, 1.807) is 30.3 Å². The number of carbonyl (C=O) groups excluding carboxylic acids is 2. The van der Waals surface area contributed by atoms with Crippen molar-refractivity contribution in [3.05, 3.63) is 107 Å².